The molecule has 2 atom stereocenters. The maximum absolute atomic E-state index is 11.9. The van der Waals surface area contributed by atoms with Crippen molar-refractivity contribution in [3.8, 4) is 5.75 Å². The van der Waals surface area contributed by atoms with Gasteiger partial charge in [-0.3, -0.25) is 4.90 Å². The lowest BCUT2D eigenvalue weighted by Crippen LogP contribution is -2.45. The van der Waals surface area contributed by atoms with E-state index in [4.69, 9.17) is 14.2 Å². The summed E-state index contributed by atoms with van der Waals surface area (Å²) < 4.78 is 17.0. The number of aromatic amines is 1. The number of aryl methyl sites for hydroxylation is 1. The molecule has 2 aliphatic heterocycles. The van der Waals surface area contributed by atoms with Crippen LogP contribution in [0.3, 0.4) is 0 Å². The van der Waals surface area contributed by atoms with Gasteiger partial charge in [0.15, 0.2) is 0 Å². The lowest BCUT2D eigenvalue weighted by Gasteiger charge is -2.45. The summed E-state index contributed by atoms with van der Waals surface area (Å²) >= 11 is 0. The van der Waals surface area contributed by atoms with E-state index >= 15 is 0 Å². The number of H-pyrrole nitrogens is 1. The van der Waals surface area contributed by atoms with E-state index in [0.717, 1.165) is 56.6 Å². The Hall–Kier alpha value is -2.83. The van der Waals surface area contributed by atoms with Crippen molar-refractivity contribution < 1.29 is 19.0 Å². The Labute approximate surface area is 194 Å². The lowest BCUT2D eigenvalue weighted by molar-refractivity contribution is -0.0676. The number of rotatable bonds is 5. The first-order valence-electron chi connectivity index (χ1n) is 11.7. The predicted octanol–water partition coefficient (Wildman–Crippen LogP) is 5.16. The minimum atomic E-state index is -0.308. The molecule has 1 N–H and O–H groups in total. The van der Waals surface area contributed by atoms with Gasteiger partial charge in [-0.2, -0.15) is 0 Å². The Balaban J connectivity index is 1.50. The summed E-state index contributed by atoms with van der Waals surface area (Å²) in [6.45, 7) is 4.70. The van der Waals surface area contributed by atoms with Crippen LogP contribution in [0.25, 0.3) is 10.9 Å². The Morgan fingerprint density at radius 1 is 1.21 bits per heavy atom. The van der Waals surface area contributed by atoms with Gasteiger partial charge in [-0.25, -0.2) is 4.79 Å². The second-order valence-corrected chi connectivity index (χ2v) is 9.33. The molecule has 3 aromatic rings. The Bertz CT molecular complexity index is 1140. The molecule has 174 valence electrons. The van der Waals surface area contributed by atoms with E-state index in [1.165, 1.54) is 29.2 Å². The normalized spacial score (nSPS) is 23.3. The van der Waals surface area contributed by atoms with E-state index in [1.54, 1.807) is 7.11 Å². The second kappa shape index (κ2) is 8.84. The van der Waals surface area contributed by atoms with Gasteiger partial charge in [0.2, 0.25) is 0 Å². The number of ether oxygens (including phenoxy) is 3. The Kier molecular flexibility index (Phi) is 5.89. The van der Waals surface area contributed by atoms with Gasteiger partial charge in [-0.05, 0) is 68.0 Å². The van der Waals surface area contributed by atoms with Crippen molar-refractivity contribution in [3.05, 3.63) is 64.8 Å². The largest absolute Gasteiger partial charge is 0.496 e. The first-order valence-corrected chi connectivity index (χ1v) is 11.7. The molecule has 5 rings (SSSR count). The number of hydrogen-bond acceptors (Lipinski definition) is 5. The van der Waals surface area contributed by atoms with Gasteiger partial charge in [0.1, 0.15) is 5.75 Å². The molecule has 0 saturated carbocycles. The molecule has 33 heavy (non-hydrogen) atoms. The number of piperidine rings is 1. The zero-order chi connectivity index (χ0) is 23.0. The maximum atomic E-state index is 11.9. The topological polar surface area (TPSA) is 63.8 Å². The molecule has 2 aliphatic rings. The van der Waals surface area contributed by atoms with Crippen molar-refractivity contribution in [3.63, 3.8) is 0 Å². The third kappa shape index (κ3) is 4.02. The fraction of sp³-hybridized carbons (Fsp3) is 0.444. The predicted molar refractivity (Wildman–Crippen MR) is 128 cm³/mol. The van der Waals surface area contributed by atoms with Crippen LogP contribution in [-0.2, 0) is 16.0 Å². The highest BCUT2D eigenvalue weighted by Gasteiger charge is 2.43. The molecule has 2 aromatic carbocycles. The first-order chi connectivity index (χ1) is 16.0. The Morgan fingerprint density at radius 2 is 2.03 bits per heavy atom. The molecule has 2 fully saturated rings. The van der Waals surface area contributed by atoms with Crippen molar-refractivity contribution in [2.45, 2.75) is 50.8 Å². The number of hydrogen-bond donors (Lipinski definition) is 1. The summed E-state index contributed by atoms with van der Waals surface area (Å²) in [5.74, 6) is 0.619. The smallest absolute Gasteiger partial charge is 0.337 e. The number of nitrogens with one attached hydrogen (secondary N) is 1. The standard InChI is InChI=1S/C27H32N2O4/c1-18-15-24(31-2)22(21-9-12-28-25(18)21)17-29-13-11-27(10-4-14-33-27)16-23(29)19-5-7-20(8-6-19)26(30)32-3/h5-9,12,15,23,28H,4,10-11,13-14,16-17H2,1-3H3/t23-,27?/m0/s1. The summed E-state index contributed by atoms with van der Waals surface area (Å²) in [6, 6.07) is 12.3. The van der Waals surface area contributed by atoms with Crippen molar-refractivity contribution >= 4 is 16.9 Å². The van der Waals surface area contributed by atoms with Gasteiger partial charge in [-0.15, -0.1) is 0 Å². The number of esters is 1. The lowest BCUT2D eigenvalue weighted by atomic mass is 9.81. The van der Waals surface area contributed by atoms with Crippen LogP contribution in [0.5, 0.6) is 5.75 Å². The first kappa shape index (κ1) is 22.0. The average molecular weight is 449 g/mol. The van der Waals surface area contributed by atoms with E-state index in [-0.39, 0.29) is 17.6 Å². The van der Waals surface area contributed by atoms with E-state index in [0.29, 0.717) is 5.56 Å². The van der Waals surface area contributed by atoms with E-state index in [9.17, 15) is 4.79 Å². The quantitative estimate of drug-likeness (QED) is 0.547. The van der Waals surface area contributed by atoms with Crippen LogP contribution < -0.4 is 4.74 Å². The van der Waals surface area contributed by atoms with Crippen molar-refractivity contribution in [2.75, 3.05) is 27.4 Å². The highest BCUT2D eigenvalue weighted by molar-refractivity contribution is 5.89. The number of aromatic nitrogens is 1. The molecule has 0 radical (unpaired) electrons. The second-order valence-electron chi connectivity index (χ2n) is 9.33. The van der Waals surface area contributed by atoms with Crippen molar-refractivity contribution in [2.24, 2.45) is 0 Å². The summed E-state index contributed by atoms with van der Waals surface area (Å²) in [4.78, 5) is 17.9. The fourth-order valence-electron chi connectivity index (χ4n) is 5.66. The highest BCUT2D eigenvalue weighted by atomic mass is 16.5. The zero-order valence-electron chi connectivity index (χ0n) is 19.6. The zero-order valence-corrected chi connectivity index (χ0v) is 19.6. The van der Waals surface area contributed by atoms with Crippen LogP contribution in [0.1, 0.15) is 58.8 Å². The van der Waals surface area contributed by atoms with Crippen LogP contribution in [0.15, 0.2) is 42.6 Å². The molecule has 0 amide bonds. The SMILES string of the molecule is COC(=O)c1ccc([C@@H]2CC3(CCCO3)CCN2Cc2c(OC)cc(C)c3[nH]ccc23)cc1. The molecule has 0 aliphatic carbocycles. The molecule has 3 heterocycles. The number of benzene rings is 2. The van der Waals surface area contributed by atoms with Gasteiger partial charge in [0, 0.05) is 48.4 Å². The average Bonchev–Trinajstić information content (AvgIpc) is 3.52. The summed E-state index contributed by atoms with van der Waals surface area (Å²) in [5.41, 5.74) is 5.29. The summed E-state index contributed by atoms with van der Waals surface area (Å²) in [7, 11) is 3.16. The van der Waals surface area contributed by atoms with Crippen LogP contribution in [0.4, 0.5) is 0 Å². The van der Waals surface area contributed by atoms with Crippen LogP contribution in [-0.4, -0.2) is 48.8 Å². The number of likely N-dealkylation sites (tertiary alicyclic amines) is 1. The van der Waals surface area contributed by atoms with E-state index in [1.807, 2.05) is 18.3 Å². The van der Waals surface area contributed by atoms with Crippen LogP contribution >= 0.6 is 0 Å². The van der Waals surface area contributed by atoms with Crippen molar-refractivity contribution in [1.29, 1.82) is 0 Å². The van der Waals surface area contributed by atoms with Gasteiger partial charge < -0.3 is 19.2 Å². The minimum absolute atomic E-state index is 0.0387. The van der Waals surface area contributed by atoms with Gasteiger partial charge in [-0.1, -0.05) is 12.1 Å². The van der Waals surface area contributed by atoms with Crippen molar-refractivity contribution in [1.82, 2.24) is 9.88 Å². The third-order valence-electron chi connectivity index (χ3n) is 7.45. The van der Waals surface area contributed by atoms with Crippen LogP contribution in [0.2, 0.25) is 0 Å². The maximum Gasteiger partial charge on any atom is 0.337 e. The van der Waals surface area contributed by atoms with Gasteiger partial charge in [0.25, 0.3) is 0 Å². The highest BCUT2D eigenvalue weighted by Crippen LogP contribution is 2.45. The molecule has 6 heteroatoms. The van der Waals surface area contributed by atoms with Gasteiger partial charge in [0.05, 0.1) is 25.4 Å². The number of nitrogens with zero attached hydrogens (tertiary/aromatic N) is 1. The number of carbonyl (C=O) groups excluding carboxylic acids is 1. The molecule has 1 spiro atoms. The monoisotopic (exact) mass is 448 g/mol. The number of fused-ring (bicyclic) bond motifs is 1. The molecule has 1 aromatic heterocycles. The summed E-state index contributed by atoms with van der Waals surface area (Å²) in [5, 5.41) is 1.21. The molecule has 6 nitrogen and oxygen atoms in total. The van der Waals surface area contributed by atoms with Gasteiger partial charge >= 0.3 is 5.97 Å². The number of methoxy groups -OCH3 is 2. The fourth-order valence-corrected chi connectivity index (χ4v) is 5.66. The number of carbonyl (C=O) groups is 1. The third-order valence-corrected chi connectivity index (χ3v) is 7.45. The molecule has 0 bridgehead atoms. The Morgan fingerprint density at radius 3 is 2.73 bits per heavy atom. The summed E-state index contributed by atoms with van der Waals surface area (Å²) in [6.07, 6.45) is 6.24. The van der Waals surface area contributed by atoms with E-state index in [2.05, 4.69) is 41.1 Å². The molecule has 1 unspecified atom stereocenters. The van der Waals surface area contributed by atoms with E-state index < -0.39 is 0 Å². The molecular weight excluding hydrogens is 416 g/mol. The molecule has 2 saturated heterocycles. The minimum Gasteiger partial charge on any atom is -0.496 e. The van der Waals surface area contributed by atoms with Crippen LogP contribution in [0, 0.1) is 6.92 Å². The molecular formula is C27H32N2O4.